The summed E-state index contributed by atoms with van der Waals surface area (Å²) >= 11 is 5.16. The molecule has 2 N–H and O–H groups in total. The molecule has 5 nitrogen and oxygen atoms in total. The second kappa shape index (κ2) is 6.72. The number of hydrogen-bond acceptors (Lipinski definition) is 4. The van der Waals surface area contributed by atoms with Crippen LogP contribution in [0.15, 0.2) is 52.2 Å². The number of nitrogens with one attached hydrogen (secondary N) is 2. The zero-order chi connectivity index (χ0) is 14.4. The third-order valence-electron chi connectivity index (χ3n) is 2.53. The van der Waals surface area contributed by atoms with Crippen LogP contribution >= 0.6 is 12.2 Å². The Kier molecular flexibility index (Phi) is 4.73. The lowest BCUT2D eigenvalue weighted by atomic mass is 10.3. The summed E-state index contributed by atoms with van der Waals surface area (Å²) in [5, 5.41) is 7.56. The molecule has 104 valence electrons. The van der Waals surface area contributed by atoms with Gasteiger partial charge in [0.1, 0.15) is 17.2 Å². The normalized spacial score (nSPS) is 11.0. The number of methoxy groups -OCH3 is 1. The maximum absolute atomic E-state index is 5.23. The molecule has 1 heterocycles. The fourth-order valence-corrected chi connectivity index (χ4v) is 1.70. The zero-order valence-corrected chi connectivity index (χ0v) is 12.0. The van der Waals surface area contributed by atoms with Crippen molar-refractivity contribution in [3.05, 3.63) is 48.4 Å². The highest BCUT2D eigenvalue weighted by Gasteiger charge is 2.01. The van der Waals surface area contributed by atoms with Gasteiger partial charge in [0, 0.05) is 11.8 Å². The van der Waals surface area contributed by atoms with Gasteiger partial charge in [-0.25, -0.2) is 0 Å². The molecule has 1 aromatic heterocycles. The quantitative estimate of drug-likeness (QED) is 0.515. The van der Waals surface area contributed by atoms with Crippen LogP contribution in [0.5, 0.6) is 5.75 Å². The van der Waals surface area contributed by atoms with Crippen molar-refractivity contribution in [2.24, 2.45) is 5.10 Å². The number of ether oxygens (including phenoxy) is 1. The van der Waals surface area contributed by atoms with Gasteiger partial charge in [0.15, 0.2) is 5.11 Å². The molecule has 0 atom stereocenters. The smallest absolute Gasteiger partial charge is 0.191 e. The summed E-state index contributed by atoms with van der Waals surface area (Å²) < 4.78 is 10.4. The van der Waals surface area contributed by atoms with Crippen molar-refractivity contribution in [3.63, 3.8) is 0 Å². The molecular weight excluding hydrogens is 274 g/mol. The first-order chi connectivity index (χ1) is 9.69. The molecule has 1 aromatic carbocycles. The maximum atomic E-state index is 5.23. The molecule has 20 heavy (non-hydrogen) atoms. The summed E-state index contributed by atoms with van der Waals surface area (Å²) in [6.45, 7) is 1.83. The Morgan fingerprint density at radius 3 is 2.85 bits per heavy atom. The highest BCUT2D eigenvalue weighted by molar-refractivity contribution is 7.80. The molecular formula is C14H15N3O2S. The van der Waals surface area contributed by atoms with Crippen molar-refractivity contribution in [3.8, 4) is 5.75 Å². The van der Waals surface area contributed by atoms with Crippen LogP contribution in [0.3, 0.4) is 0 Å². The molecule has 6 heteroatoms. The number of anilines is 1. The van der Waals surface area contributed by atoms with Crippen molar-refractivity contribution in [2.45, 2.75) is 6.92 Å². The molecule has 0 fully saturated rings. The van der Waals surface area contributed by atoms with E-state index in [0.717, 1.165) is 11.4 Å². The van der Waals surface area contributed by atoms with E-state index in [0.29, 0.717) is 16.6 Å². The number of thiocarbonyl (C=S) groups is 1. The molecule has 2 aromatic rings. The minimum absolute atomic E-state index is 0.393. The van der Waals surface area contributed by atoms with Gasteiger partial charge >= 0.3 is 0 Å². The fourth-order valence-electron chi connectivity index (χ4n) is 1.53. The van der Waals surface area contributed by atoms with Crippen LogP contribution < -0.4 is 15.5 Å². The number of nitrogens with zero attached hydrogens (tertiary/aromatic N) is 1. The van der Waals surface area contributed by atoms with Crippen LogP contribution in [-0.4, -0.2) is 17.9 Å². The Balaban J connectivity index is 1.94. The Morgan fingerprint density at radius 1 is 1.30 bits per heavy atom. The molecule has 0 bridgehead atoms. The molecule has 2 rings (SSSR count). The summed E-state index contributed by atoms with van der Waals surface area (Å²) in [4.78, 5) is 0. The molecule has 0 saturated carbocycles. The molecule has 0 spiro atoms. The second-order valence-corrected chi connectivity index (χ2v) is 4.38. The molecule has 0 aliphatic rings. The lowest BCUT2D eigenvalue weighted by Gasteiger charge is -2.08. The van der Waals surface area contributed by atoms with E-state index in [1.807, 2.05) is 37.3 Å². The second-order valence-electron chi connectivity index (χ2n) is 3.97. The monoisotopic (exact) mass is 289 g/mol. The Hall–Kier alpha value is -2.34. The van der Waals surface area contributed by atoms with E-state index >= 15 is 0 Å². The molecule has 0 aliphatic carbocycles. The fraction of sp³-hybridized carbons (Fsp3) is 0.143. The molecule has 0 aliphatic heterocycles. The molecule has 0 saturated heterocycles. The lowest BCUT2D eigenvalue weighted by molar-refractivity contribution is 0.415. The Morgan fingerprint density at radius 2 is 2.15 bits per heavy atom. The van der Waals surface area contributed by atoms with Crippen molar-refractivity contribution in [1.29, 1.82) is 0 Å². The third kappa shape index (κ3) is 3.83. The highest BCUT2D eigenvalue weighted by Crippen LogP contribution is 2.16. The Bertz CT molecular complexity index is 609. The number of benzene rings is 1. The van der Waals surface area contributed by atoms with E-state index in [1.165, 1.54) is 0 Å². The number of hydrazone groups is 1. The average molecular weight is 289 g/mol. The predicted octanol–water partition coefficient (Wildman–Crippen LogP) is 3.00. The predicted molar refractivity (Wildman–Crippen MR) is 83.3 cm³/mol. The van der Waals surface area contributed by atoms with Gasteiger partial charge < -0.3 is 14.5 Å². The number of furan rings is 1. The van der Waals surface area contributed by atoms with Gasteiger partial charge in [-0.1, -0.05) is 6.07 Å². The van der Waals surface area contributed by atoms with Crippen LogP contribution in [0.1, 0.15) is 12.7 Å². The molecule has 0 radical (unpaired) electrons. The van der Waals surface area contributed by atoms with E-state index in [-0.39, 0.29) is 0 Å². The van der Waals surface area contributed by atoms with E-state index in [2.05, 4.69) is 15.8 Å². The largest absolute Gasteiger partial charge is 0.497 e. The first kappa shape index (κ1) is 14.1. The van der Waals surface area contributed by atoms with E-state index in [1.54, 1.807) is 19.4 Å². The zero-order valence-electron chi connectivity index (χ0n) is 11.2. The minimum atomic E-state index is 0.393. The topological polar surface area (TPSA) is 58.8 Å². The number of hydrogen-bond donors (Lipinski definition) is 2. The summed E-state index contributed by atoms with van der Waals surface area (Å²) in [7, 11) is 1.62. The summed E-state index contributed by atoms with van der Waals surface area (Å²) in [6, 6.07) is 11.1. The van der Waals surface area contributed by atoms with Crippen molar-refractivity contribution < 1.29 is 9.15 Å². The van der Waals surface area contributed by atoms with Crippen molar-refractivity contribution in [1.82, 2.24) is 5.43 Å². The first-order valence-electron chi connectivity index (χ1n) is 5.98. The van der Waals surface area contributed by atoms with Crippen molar-refractivity contribution >= 4 is 28.7 Å². The SMILES string of the molecule is COc1cccc(NC(=S)N/N=C(\C)c2ccco2)c1. The van der Waals surface area contributed by atoms with Crippen LogP contribution in [0.2, 0.25) is 0 Å². The molecule has 0 amide bonds. The maximum Gasteiger partial charge on any atom is 0.191 e. The van der Waals surface area contributed by atoms with E-state index < -0.39 is 0 Å². The van der Waals surface area contributed by atoms with Gasteiger partial charge in [-0.05, 0) is 43.4 Å². The van der Waals surface area contributed by atoms with Gasteiger partial charge in [-0.15, -0.1) is 0 Å². The van der Waals surface area contributed by atoms with Crippen LogP contribution in [0.25, 0.3) is 0 Å². The van der Waals surface area contributed by atoms with Gasteiger partial charge in [0.25, 0.3) is 0 Å². The first-order valence-corrected chi connectivity index (χ1v) is 6.39. The third-order valence-corrected chi connectivity index (χ3v) is 2.72. The average Bonchev–Trinajstić information content (AvgIpc) is 2.99. The van der Waals surface area contributed by atoms with E-state index in [4.69, 9.17) is 21.4 Å². The lowest BCUT2D eigenvalue weighted by Crippen LogP contribution is -2.24. The summed E-state index contributed by atoms with van der Waals surface area (Å²) in [6.07, 6.45) is 1.60. The molecule has 0 unspecified atom stereocenters. The number of rotatable bonds is 4. The van der Waals surface area contributed by atoms with Gasteiger partial charge in [-0.3, -0.25) is 5.43 Å². The highest BCUT2D eigenvalue weighted by atomic mass is 32.1. The van der Waals surface area contributed by atoms with E-state index in [9.17, 15) is 0 Å². The standard InChI is InChI=1S/C14H15N3O2S/c1-10(13-7-4-8-19-13)16-17-14(20)15-11-5-3-6-12(9-11)18-2/h3-9H,1-2H3,(H2,15,17,20)/b16-10+. The van der Waals surface area contributed by atoms with Crippen LogP contribution in [0.4, 0.5) is 5.69 Å². The summed E-state index contributed by atoms with van der Waals surface area (Å²) in [5.41, 5.74) is 4.30. The van der Waals surface area contributed by atoms with Crippen LogP contribution in [0, 0.1) is 0 Å². The summed E-state index contributed by atoms with van der Waals surface area (Å²) in [5.74, 6) is 1.45. The Labute approximate surface area is 122 Å². The minimum Gasteiger partial charge on any atom is -0.497 e. The van der Waals surface area contributed by atoms with Gasteiger partial charge in [-0.2, -0.15) is 5.10 Å². The van der Waals surface area contributed by atoms with Crippen LogP contribution in [-0.2, 0) is 0 Å². The van der Waals surface area contributed by atoms with Crippen molar-refractivity contribution in [2.75, 3.05) is 12.4 Å². The van der Waals surface area contributed by atoms with Gasteiger partial charge in [0.2, 0.25) is 0 Å². The van der Waals surface area contributed by atoms with Gasteiger partial charge in [0.05, 0.1) is 13.4 Å².